The van der Waals surface area contributed by atoms with Crippen LogP contribution >= 0.6 is 24.0 Å². The van der Waals surface area contributed by atoms with Crippen LogP contribution in [0.3, 0.4) is 0 Å². The fourth-order valence-electron chi connectivity index (χ4n) is 2.12. The molecule has 2 rings (SSSR count). The fourth-order valence-corrected chi connectivity index (χ4v) is 2.12. The number of aryl methyl sites for hydroxylation is 1. The molecule has 0 heterocycles. The molecule has 0 aliphatic rings. The first-order valence-electron chi connectivity index (χ1n) is 7.39. The van der Waals surface area contributed by atoms with Crippen LogP contribution in [0.15, 0.2) is 53.5 Å². The quantitative estimate of drug-likeness (QED) is 0.438. The fraction of sp³-hybridized carbons (Fsp3) is 0.278. The molecule has 0 atom stereocenters. The van der Waals surface area contributed by atoms with Gasteiger partial charge in [0.05, 0.1) is 6.54 Å². The van der Waals surface area contributed by atoms with E-state index in [9.17, 15) is 0 Å². The number of benzene rings is 2. The molecule has 0 aliphatic carbocycles. The highest BCUT2D eigenvalue weighted by Gasteiger charge is 1.98. The zero-order valence-electron chi connectivity index (χ0n) is 13.9. The highest BCUT2D eigenvalue weighted by atomic mass is 127. The Morgan fingerprint density at radius 3 is 2.13 bits per heavy atom. The molecular weight excluding hydrogens is 399 g/mol. The van der Waals surface area contributed by atoms with Crippen LogP contribution in [-0.2, 0) is 13.1 Å². The topological polar surface area (TPSA) is 53.6 Å². The minimum atomic E-state index is 0. The maximum Gasteiger partial charge on any atom is 0.193 e. The number of aliphatic imine (C=N–C) groups is 1. The first kappa shape index (κ1) is 19.4. The zero-order chi connectivity index (χ0) is 15.9. The summed E-state index contributed by atoms with van der Waals surface area (Å²) in [4.78, 5) is 6.53. The van der Waals surface area contributed by atoms with Gasteiger partial charge < -0.3 is 16.0 Å². The van der Waals surface area contributed by atoms with E-state index in [0.717, 1.165) is 17.8 Å². The summed E-state index contributed by atoms with van der Waals surface area (Å²) in [5.74, 6) is 0.432. The lowest BCUT2D eigenvalue weighted by Gasteiger charge is -2.10. The predicted octanol–water partition coefficient (Wildman–Crippen LogP) is 3.60. The van der Waals surface area contributed by atoms with Crippen molar-refractivity contribution in [1.82, 2.24) is 4.90 Å². The van der Waals surface area contributed by atoms with Crippen molar-refractivity contribution in [3.8, 4) is 0 Å². The van der Waals surface area contributed by atoms with Gasteiger partial charge in [-0.3, -0.25) is 0 Å². The summed E-state index contributed by atoms with van der Waals surface area (Å²) >= 11 is 0. The molecule has 0 fully saturated rings. The molecule has 2 aromatic rings. The second-order valence-electron chi connectivity index (χ2n) is 5.75. The Labute approximate surface area is 155 Å². The van der Waals surface area contributed by atoms with Crippen LogP contribution in [0.2, 0.25) is 0 Å². The molecule has 4 nitrogen and oxygen atoms in total. The Kier molecular flexibility index (Phi) is 8.05. The molecule has 23 heavy (non-hydrogen) atoms. The lowest BCUT2D eigenvalue weighted by atomic mass is 10.1. The van der Waals surface area contributed by atoms with Crippen molar-refractivity contribution in [3.05, 3.63) is 65.2 Å². The molecule has 0 aromatic heterocycles. The smallest absolute Gasteiger partial charge is 0.193 e. The summed E-state index contributed by atoms with van der Waals surface area (Å²) < 4.78 is 0. The largest absolute Gasteiger partial charge is 0.370 e. The van der Waals surface area contributed by atoms with E-state index in [1.165, 1.54) is 11.1 Å². The highest BCUT2D eigenvalue weighted by molar-refractivity contribution is 14.0. The van der Waals surface area contributed by atoms with Crippen molar-refractivity contribution in [2.24, 2.45) is 10.7 Å². The molecule has 0 aliphatic heterocycles. The van der Waals surface area contributed by atoms with Crippen molar-refractivity contribution in [1.29, 1.82) is 0 Å². The van der Waals surface area contributed by atoms with E-state index in [-0.39, 0.29) is 24.0 Å². The van der Waals surface area contributed by atoms with Crippen LogP contribution in [-0.4, -0.2) is 25.0 Å². The molecule has 0 unspecified atom stereocenters. The normalized spacial score (nSPS) is 11.2. The van der Waals surface area contributed by atoms with Crippen molar-refractivity contribution in [2.75, 3.05) is 19.4 Å². The van der Waals surface area contributed by atoms with E-state index in [1.54, 1.807) is 0 Å². The number of hydrogen-bond acceptors (Lipinski definition) is 2. The van der Waals surface area contributed by atoms with Crippen LogP contribution in [0.4, 0.5) is 5.69 Å². The second-order valence-corrected chi connectivity index (χ2v) is 5.75. The van der Waals surface area contributed by atoms with Crippen LogP contribution in [0, 0.1) is 6.92 Å². The molecule has 124 valence electrons. The highest BCUT2D eigenvalue weighted by Crippen LogP contribution is 2.09. The number of anilines is 1. The van der Waals surface area contributed by atoms with E-state index >= 15 is 0 Å². The molecule has 3 N–H and O–H groups in total. The molecule has 0 saturated carbocycles. The minimum Gasteiger partial charge on any atom is -0.370 e. The Hall–Kier alpha value is -1.60. The lowest BCUT2D eigenvalue weighted by molar-refractivity contribution is 0.402. The summed E-state index contributed by atoms with van der Waals surface area (Å²) in [6.07, 6.45) is 0. The number of guanidine groups is 1. The van der Waals surface area contributed by atoms with Crippen molar-refractivity contribution >= 4 is 35.6 Å². The van der Waals surface area contributed by atoms with Gasteiger partial charge in [-0.25, -0.2) is 4.99 Å². The summed E-state index contributed by atoms with van der Waals surface area (Å²) in [6.45, 7) is 3.58. The van der Waals surface area contributed by atoms with E-state index in [1.807, 2.05) is 24.3 Å². The van der Waals surface area contributed by atoms with Gasteiger partial charge in [-0.15, -0.1) is 24.0 Å². The predicted molar refractivity (Wildman–Crippen MR) is 109 cm³/mol. The van der Waals surface area contributed by atoms with E-state index in [2.05, 4.69) is 60.5 Å². The third kappa shape index (κ3) is 7.00. The van der Waals surface area contributed by atoms with Crippen LogP contribution in [0.5, 0.6) is 0 Å². The van der Waals surface area contributed by atoms with Gasteiger partial charge >= 0.3 is 0 Å². The van der Waals surface area contributed by atoms with E-state index in [4.69, 9.17) is 5.73 Å². The van der Waals surface area contributed by atoms with Gasteiger partial charge in [-0.05, 0) is 44.3 Å². The third-order valence-electron chi connectivity index (χ3n) is 3.28. The maximum absolute atomic E-state index is 5.92. The molecule has 2 aromatic carbocycles. The van der Waals surface area contributed by atoms with Crippen molar-refractivity contribution in [3.63, 3.8) is 0 Å². The van der Waals surface area contributed by atoms with E-state index in [0.29, 0.717) is 12.5 Å². The second kappa shape index (κ2) is 9.52. The minimum absolute atomic E-state index is 0. The Balaban J connectivity index is 0.00000264. The lowest BCUT2D eigenvalue weighted by Crippen LogP contribution is -2.22. The average molecular weight is 424 g/mol. The zero-order valence-corrected chi connectivity index (χ0v) is 16.2. The van der Waals surface area contributed by atoms with E-state index < -0.39 is 0 Å². The van der Waals surface area contributed by atoms with Crippen LogP contribution in [0.25, 0.3) is 0 Å². The number of nitrogens with one attached hydrogen (secondary N) is 1. The Bertz CT molecular complexity index is 618. The van der Waals surface area contributed by atoms with Gasteiger partial charge in [0.15, 0.2) is 5.96 Å². The summed E-state index contributed by atoms with van der Waals surface area (Å²) in [6, 6.07) is 16.5. The molecule has 0 bridgehead atoms. The molecule has 0 amide bonds. The number of rotatable bonds is 5. The maximum atomic E-state index is 5.92. The summed E-state index contributed by atoms with van der Waals surface area (Å²) in [5, 5.41) is 3.10. The summed E-state index contributed by atoms with van der Waals surface area (Å²) in [7, 11) is 4.13. The Morgan fingerprint density at radius 2 is 1.57 bits per heavy atom. The van der Waals surface area contributed by atoms with Gasteiger partial charge in [0.25, 0.3) is 0 Å². The van der Waals surface area contributed by atoms with Crippen LogP contribution < -0.4 is 11.1 Å². The molecular formula is C18H25IN4. The SMILES string of the molecule is Cc1ccc(NC(N)=NCc2ccc(CN(C)C)cc2)cc1.I. The molecule has 5 heteroatoms. The van der Waals surface area contributed by atoms with Crippen molar-refractivity contribution < 1.29 is 0 Å². The van der Waals surface area contributed by atoms with Crippen LogP contribution in [0.1, 0.15) is 16.7 Å². The van der Waals surface area contributed by atoms with Gasteiger partial charge in [-0.2, -0.15) is 0 Å². The van der Waals surface area contributed by atoms with Gasteiger partial charge in [0.2, 0.25) is 0 Å². The summed E-state index contributed by atoms with van der Waals surface area (Å²) in [5.41, 5.74) is 10.5. The van der Waals surface area contributed by atoms with Crippen molar-refractivity contribution in [2.45, 2.75) is 20.0 Å². The first-order chi connectivity index (χ1) is 10.5. The number of halogens is 1. The monoisotopic (exact) mass is 424 g/mol. The molecule has 0 saturated heterocycles. The van der Waals surface area contributed by atoms with Gasteiger partial charge in [-0.1, -0.05) is 42.0 Å². The number of nitrogens with two attached hydrogens (primary N) is 1. The van der Waals surface area contributed by atoms with Gasteiger partial charge in [0, 0.05) is 12.2 Å². The molecule has 0 radical (unpaired) electrons. The van der Waals surface area contributed by atoms with Gasteiger partial charge in [0.1, 0.15) is 0 Å². The number of hydrogen-bond donors (Lipinski definition) is 2. The standard InChI is InChI=1S/C18H24N4.HI/c1-14-4-10-17(11-5-14)21-18(19)20-12-15-6-8-16(9-7-15)13-22(2)3;/h4-11H,12-13H2,1-3H3,(H3,19,20,21);1H. The first-order valence-corrected chi connectivity index (χ1v) is 7.39. The number of nitrogens with zero attached hydrogens (tertiary/aromatic N) is 2. The average Bonchev–Trinajstić information content (AvgIpc) is 2.48. The molecule has 0 spiro atoms. The Morgan fingerprint density at radius 1 is 1.00 bits per heavy atom. The third-order valence-corrected chi connectivity index (χ3v) is 3.28.